The third kappa shape index (κ3) is 3.05. The van der Waals surface area contributed by atoms with Gasteiger partial charge in [0.05, 0.1) is 11.2 Å². The minimum Gasteiger partial charge on any atom is -0.454 e. The lowest BCUT2D eigenvalue weighted by molar-refractivity contribution is 0.00578. The van der Waals surface area contributed by atoms with Crippen LogP contribution in [-0.4, -0.2) is 34.1 Å². The van der Waals surface area contributed by atoms with Crippen molar-refractivity contribution in [1.29, 1.82) is 0 Å². The molecule has 0 N–H and O–H groups in total. The molecule has 2 aromatic heterocycles. The van der Waals surface area contributed by atoms with Crippen LogP contribution in [0.25, 0.3) is 22.2 Å². The normalized spacial score (nSPS) is 19.3. The average Bonchev–Trinajstić information content (AvgIpc) is 3.35. The minimum atomic E-state index is -0.457. The number of ether oxygens (including phenoxy) is 2. The van der Waals surface area contributed by atoms with Crippen LogP contribution < -0.4 is 14.9 Å². The molecule has 0 bridgehead atoms. The molecular weight excluding hydrogens is 502 g/mol. The Bertz CT molecular complexity index is 1100. The van der Waals surface area contributed by atoms with Crippen LogP contribution in [0, 0.1) is 0 Å². The molecule has 9 heteroatoms. The van der Waals surface area contributed by atoms with Gasteiger partial charge in [0.1, 0.15) is 0 Å². The number of pyridine rings is 1. The first-order chi connectivity index (χ1) is 13.8. The Morgan fingerprint density at radius 2 is 1.86 bits per heavy atom. The van der Waals surface area contributed by atoms with Gasteiger partial charge in [0.25, 0.3) is 0 Å². The molecule has 5 rings (SSSR count). The number of benzene rings is 1. The first kappa shape index (κ1) is 19.5. The van der Waals surface area contributed by atoms with Crippen molar-refractivity contribution >= 4 is 53.9 Å². The van der Waals surface area contributed by atoms with Crippen LogP contribution in [-0.2, 0) is 9.31 Å². The van der Waals surface area contributed by atoms with Crippen LogP contribution >= 0.6 is 30.3 Å². The van der Waals surface area contributed by atoms with E-state index in [-0.39, 0.29) is 6.79 Å². The molecule has 0 aliphatic carbocycles. The topological polar surface area (TPSA) is 54.7 Å². The van der Waals surface area contributed by atoms with Gasteiger partial charge in [-0.25, -0.2) is 4.98 Å². The number of rotatable bonds is 3. The zero-order valence-electron chi connectivity index (χ0n) is 16.6. The second-order valence-corrected chi connectivity index (χ2v) is 9.92. The molecule has 4 heterocycles. The van der Waals surface area contributed by atoms with Crippen molar-refractivity contribution in [3.05, 3.63) is 36.7 Å². The summed E-state index contributed by atoms with van der Waals surface area (Å²) < 4.78 is 25.8. The van der Waals surface area contributed by atoms with Crippen molar-refractivity contribution in [3.8, 4) is 22.6 Å². The van der Waals surface area contributed by atoms with Gasteiger partial charge in [-0.1, -0.05) is 12.1 Å². The zero-order valence-corrected chi connectivity index (χ0v) is 19.5. The van der Waals surface area contributed by atoms with Crippen molar-refractivity contribution in [2.75, 3.05) is 6.79 Å². The molecule has 0 amide bonds. The largest absolute Gasteiger partial charge is 0.496 e. The van der Waals surface area contributed by atoms with Crippen LogP contribution in [0.5, 0.6) is 11.5 Å². The van der Waals surface area contributed by atoms with Crippen molar-refractivity contribution in [2.45, 2.75) is 38.9 Å². The summed E-state index contributed by atoms with van der Waals surface area (Å²) in [6.07, 6.45) is 3.92. The van der Waals surface area contributed by atoms with E-state index in [1.807, 2.05) is 24.4 Å². The van der Waals surface area contributed by atoms with Crippen molar-refractivity contribution in [3.63, 3.8) is 0 Å². The molecule has 6 nitrogen and oxygen atoms in total. The summed E-state index contributed by atoms with van der Waals surface area (Å²) in [6, 6.07) is 8.06. The minimum absolute atomic E-state index is 0.240. The van der Waals surface area contributed by atoms with E-state index < -0.39 is 18.3 Å². The molecule has 0 unspecified atom stereocenters. The van der Waals surface area contributed by atoms with Gasteiger partial charge in [-0.15, -0.1) is 0 Å². The number of aromatic nitrogens is 2. The zero-order chi connectivity index (χ0) is 20.4. The predicted molar refractivity (Wildman–Crippen MR) is 124 cm³/mol. The summed E-state index contributed by atoms with van der Waals surface area (Å²) in [6.45, 7) is 8.45. The van der Waals surface area contributed by atoms with E-state index in [1.54, 1.807) is 9.12 Å². The molecule has 3 aromatic rings. The summed E-state index contributed by atoms with van der Waals surface area (Å²) in [5, 5.41) is 1.02. The fraction of sp³-hybridized carbons (Fsp3) is 0.350. The Hall–Kier alpha value is -1.43. The Labute approximate surface area is 186 Å². The number of para-hydroxylation sites is 1. The summed E-state index contributed by atoms with van der Waals surface area (Å²) in [7, 11) is 1.12. The first-order valence-corrected chi connectivity index (χ1v) is 12.7. The quantitative estimate of drug-likeness (QED) is 0.371. The number of fused-ring (bicyclic) bond motifs is 2. The van der Waals surface area contributed by atoms with Crippen molar-refractivity contribution in [2.24, 2.45) is 0 Å². The number of hydrogen-bond donors (Lipinski definition) is 0. The Balaban J connectivity index is 1.65. The number of halogens is 1. The van der Waals surface area contributed by atoms with E-state index in [0.717, 1.165) is 39.1 Å². The van der Waals surface area contributed by atoms with Gasteiger partial charge in [0.2, 0.25) is 6.79 Å². The lowest BCUT2D eigenvalue weighted by Crippen LogP contribution is -2.41. The Kier molecular flexibility index (Phi) is 4.58. The lowest BCUT2D eigenvalue weighted by Gasteiger charge is -2.32. The molecule has 29 heavy (non-hydrogen) atoms. The molecule has 0 saturated carbocycles. The molecule has 2 aliphatic rings. The average molecular weight is 522 g/mol. The second-order valence-electron chi connectivity index (χ2n) is 8.21. The second kappa shape index (κ2) is 6.80. The van der Waals surface area contributed by atoms with Crippen LogP contribution in [0.4, 0.5) is 0 Å². The molecule has 1 fully saturated rings. The van der Waals surface area contributed by atoms with Crippen LogP contribution in [0.3, 0.4) is 0 Å². The molecule has 1 aromatic carbocycles. The Morgan fingerprint density at radius 3 is 2.59 bits per heavy atom. The van der Waals surface area contributed by atoms with Gasteiger partial charge in [0.15, 0.2) is 17.1 Å². The lowest BCUT2D eigenvalue weighted by atomic mass is 9.79. The third-order valence-corrected chi connectivity index (χ3v) is 7.62. The van der Waals surface area contributed by atoms with E-state index in [0.29, 0.717) is 0 Å². The molecule has 150 valence electrons. The fourth-order valence-electron chi connectivity index (χ4n) is 3.61. The van der Waals surface area contributed by atoms with Gasteiger partial charge in [-0.3, -0.25) is 3.97 Å². The highest BCUT2D eigenvalue weighted by molar-refractivity contribution is 14.2. The summed E-state index contributed by atoms with van der Waals surface area (Å²) in [5.74, 6) is 1.53. The highest BCUT2D eigenvalue weighted by Crippen LogP contribution is 2.44. The monoisotopic (exact) mass is 522 g/mol. The van der Waals surface area contributed by atoms with E-state index in [1.165, 1.54) is 0 Å². The molecule has 2 aliphatic heterocycles. The maximum absolute atomic E-state index is 6.23. The van der Waals surface area contributed by atoms with Gasteiger partial charge in [-0.2, -0.15) is 0 Å². The summed E-state index contributed by atoms with van der Waals surface area (Å²) >= 11 is 2.26. The van der Waals surface area contributed by atoms with Crippen molar-refractivity contribution < 1.29 is 18.8 Å². The predicted octanol–water partition coefficient (Wildman–Crippen LogP) is 4.58. The molecule has 0 spiro atoms. The van der Waals surface area contributed by atoms with Gasteiger partial charge in [0, 0.05) is 64.7 Å². The summed E-state index contributed by atoms with van der Waals surface area (Å²) in [4.78, 5) is 4.74. The maximum atomic E-state index is 6.23. The standard InChI is InChI=1S/C20H20BIN2O4S/c1-19(2)20(3,4)28-21(27-19)12-8-14-15(10-24(29-22)18(14)23-9-12)13-6-5-7-16-17(13)26-11-25-16/h5-10H,11H2,1-4H3. The van der Waals surface area contributed by atoms with E-state index in [2.05, 4.69) is 65.1 Å². The third-order valence-electron chi connectivity index (χ3n) is 5.92. The SMILES string of the molecule is CC1(C)OB(c2cnc3c(c2)c(-c2cccc4c2OCO4)cn3SI)OC1(C)C. The van der Waals surface area contributed by atoms with Crippen LogP contribution in [0.1, 0.15) is 27.7 Å². The molecule has 1 saturated heterocycles. The maximum Gasteiger partial charge on any atom is 0.496 e. The number of hydrogen-bond acceptors (Lipinski definition) is 6. The fourth-order valence-corrected chi connectivity index (χ4v) is 4.87. The Morgan fingerprint density at radius 1 is 1.10 bits per heavy atom. The van der Waals surface area contributed by atoms with Gasteiger partial charge in [-0.05, 0) is 39.8 Å². The van der Waals surface area contributed by atoms with Crippen LogP contribution in [0.15, 0.2) is 36.7 Å². The molecule has 0 radical (unpaired) electrons. The summed E-state index contributed by atoms with van der Waals surface area (Å²) in [5.41, 5.74) is 3.02. The first-order valence-electron chi connectivity index (χ1n) is 9.35. The van der Waals surface area contributed by atoms with Crippen LogP contribution in [0.2, 0.25) is 0 Å². The van der Waals surface area contributed by atoms with E-state index in [9.17, 15) is 0 Å². The van der Waals surface area contributed by atoms with Gasteiger partial charge >= 0.3 is 7.12 Å². The molecule has 0 atom stereocenters. The number of nitrogens with zero attached hydrogens (tertiary/aromatic N) is 2. The van der Waals surface area contributed by atoms with Crippen molar-refractivity contribution in [1.82, 2.24) is 8.96 Å². The molecular formula is C20H20BIN2O4S. The smallest absolute Gasteiger partial charge is 0.454 e. The van der Waals surface area contributed by atoms with E-state index in [4.69, 9.17) is 23.8 Å². The highest BCUT2D eigenvalue weighted by atomic mass is 127. The van der Waals surface area contributed by atoms with Gasteiger partial charge < -0.3 is 18.8 Å². The van der Waals surface area contributed by atoms with E-state index >= 15 is 0 Å². The highest BCUT2D eigenvalue weighted by Gasteiger charge is 2.51.